The summed E-state index contributed by atoms with van der Waals surface area (Å²) >= 11 is 4.05. The van der Waals surface area contributed by atoms with E-state index in [9.17, 15) is 18.0 Å². The van der Waals surface area contributed by atoms with Gasteiger partial charge in [-0.05, 0) is 29.8 Å². The number of sulfonamides is 1. The third kappa shape index (κ3) is 6.61. The van der Waals surface area contributed by atoms with Crippen molar-refractivity contribution >= 4 is 46.4 Å². The van der Waals surface area contributed by atoms with Gasteiger partial charge < -0.3 is 5.11 Å². The van der Waals surface area contributed by atoms with Gasteiger partial charge in [-0.15, -0.1) is 0 Å². The van der Waals surface area contributed by atoms with Crippen molar-refractivity contribution in [2.24, 2.45) is 11.0 Å². The largest absolute Gasteiger partial charge is 0.480 e. The van der Waals surface area contributed by atoms with Crippen LogP contribution in [-0.2, 0) is 19.6 Å². The highest BCUT2D eigenvalue weighted by Gasteiger charge is 2.21. The average molecular weight is 436 g/mol. The summed E-state index contributed by atoms with van der Waals surface area (Å²) in [7, 11) is -3.70. The minimum absolute atomic E-state index is 0.145. The van der Waals surface area contributed by atoms with Gasteiger partial charge in [-0.1, -0.05) is 37.3 Å². The van der Waals surface area contributed by atoms with Gasteiger partial charge in [0.05, 0.1) is 11.1 Å². The minimum atomic E-state index is -3.70. The number of aliphatic carboxylic acids is 1. The van der Waals surface area contributed by atoms with Gasteiger partial charge in [0.2, 0.25) is 5.91 Å². The molecule has 0 spiro atoms. The molecule has 0 saturated carbocycles. The molecule has 0 heterocycles. The van der Waals surface area contributed by atoms with E-state index in [1.165, 1.54) is 18.3 Å². The van der Waals surface area contributed by atoms with Crippen LogP contribution in [0.5, 0.6) is 0 Å². The van der Waals surface area contributed by atoms with Crippen molar-refractivity contribution in [3.8, 4) is 0 Å². The number of hydrogen-bond acceptors (Lipinski definition) is 6. The van der Waals surface area contributed by atoms with Gasteiger partial charge in [-0.25, -0.2) is 13.4 Å². The van der Waals surface area contributed by atoms with Crippen molar-refractivity contribution in [3.63, 3.8) is 0 Å². The van der Waals surface area contributed by atoms with Crippen LogP contribution in [0.1, 0.15) is 12.5 Å². The van der Waals surface area contributed by atoms with E-state index in [2.05, 4.69) is 22.5 Å². The van der Waals surface area contributed by atoms with Crippen molar-refractivity contribution in [1.29, 1.82) is 0 Å². The monoisotopic (exact) mass is 435 g/mol. The first-order valence-electron chi connectivity index (χ1n) is 8.59. The number of hydrazone groups is 1. The zero-order valence-electron chi connectivity index (χ0n) is 15.6. The number of nitrogens with zero attached hydrogens (tertiary/aromatic N) is 2. The molecule has 0 aliphatic heterocycles. The lowest BCUT2D eigenvalue weighted by Gasteiger charge is -2.18. The Morgan fingerprint density at radius 2 is 1.79 bits per heavy atom. The third-order valence-corrected chi connectivity index (χ3v) is 5.74. The standard InChI is InChI=1S/C19H21N3O5S2/c1-14(13-28)19(25)22(12-18(23)24)20-11-15-7-9-16(10-8-15)21-29(26,27)17-5-3-2-4-6-17/h2-11,14,21,28H,12-13H2,1H3,(H,23,24). The van der Waals surface area contributed by atoms with E-state index in [-0.39, 0.29) is 10.6 Å². The summed E-state index contributed by atoms with van der Waals surface area (Å²) in [6, 6.07) is 14.2. The molecule has 0 radical (unpaired) electrons. The zero-order valence-corrected chi connectivity index (χ0v) is 17.3. The van der Waals surface area contributed by atoms with Gasteiger partial charge in [-0.2, -0.15) is 17.7 Å². The van der Waals surface area contributed by atoms with Crippen molar-refractivity contribution in [2.45, 2.75) is 11.8 Å². The average Bonchev–Trinajstić information content (AvgIpc) is 2.71. The molecule has 29 heavy (non-hydrogen) atoms. The number of amides is 1. The first kappa shape index (κ1) is 22.4. The smallest absolute Gasteiger partial charge is 0.325 e. The molecule has 1 amide bonds. The van der Waals surface area contributed by atoms with E-state index in [4.69, 9.17) is 5.11 Å². The zero-order chi connectivity index (χ0) is 21.4. The molecule has 10 heteroatoms. The predicted octanol–water partition coefficient (Wildman–Crippen LogP) is 2.30. The van der Waals surface area contributed by atoms with Crippen LogP contribution in [0.25, 0.3) is 0 Å². The van der Waals surface area contributed by atoms with Crippen LogP contribution in [-0.4, -0.2) is 48.9 Å². The highest BCUT2D eigenvalue weighted by molar-refractivity contribution is 7.92. The molecule has 154 valence electrons. The van der Waals surface area contributed by atoms with E-state index < -0.39 is 34.4 Å². The molecule has 8 nitrogen and oxygen atoms in total. The number of carboxylic acid groups (broad SMARTS) is 1. The van der Waals surface area contributed by atoms with Crippen LogP contribution in [0.15, 0.2) is 64.6 Å². The first-order valence-corrected chi connectivity index (χ1v) is 10.7. The van der Waals surface area contributed by atoms with Crippen LogP contribution >= 0.6 is 12.6 Å². The number of benzene rings is 2. The molecule has 2 N–H and O–H groups in total. The molecule has 2 rings (SSSR count). The second-order valence-corrected chi connectivity index (χ2v) is 8.21. The summed E-state index contributed by atoms with van der Waals surface area (Å²) in [5.74, 6) is -1.86. The lowest BCUT2D eigenvalue weighted by Crippen LogP contribution is -2.35. The fourth-order valence-corrected chi connectivity index (χ4v) is 3.46. The van der Waals surface area contributed by atoms with Gasteiger partial charge in [0.1, 0.15) is 6.54 Å². The fourth-order valence-electron chi connectivity index (χ4n) is 2.22. The van der Waals surface area contributed by atoms with E-state index in [0.717, 1.165) is 5.01 Å². The number of carboxylic acids is 1. The molecule has 0 aromatic heterocycles. The van der Waals surface area contributed by atoms with E-state index in [1.807, 2.05) is 0 Å². The maximum Gasteiger partial charge on any atom is 0.325 e. The maximum absolute atomic E-state index is 12.3. The summed E-state index contributed by atoms with van der Waals surface area (Å²) in [5, 5.41) is 13.8. The molecule has 2 aromatic rings. The Morgan fingerprint density at radius 1 is 1.17 bits per heavy atom. The van der Waals surface area contributed by atoms with Crippen molar-refractivity contribution in [1.82, 2.24) is 5.01 Å². The summed E-state index contributed by atoms with van der Waals surface area (Å²) in [4.78, 5) is 23.3. The highest BCUT2D eigenvalue weighted by Crippen LogP contribution is 2.16. The Labute approximate surface area is 174 Å². The number of carbonyl (C=O) groups excluding carboxylic acids is 1. The second kappa shape index (κ2) is 10.1. The fraction of sp³-hybridized carbons (Fsp3) is 0.211. The highest BCUT2D eigenvalue weighted by atomic mass is 32.2. The second-order valence-electron chi connectivity index (χ2n) is 6.16. The van der Waals surface area contributed by atoms with Crippen LogP contribution in [0, 0.1) is 5.92 Å². The minimum Gasteiger partial charge on any atom is -0.480 e. The number of hydrogen-bond donors (Lipinski definition) is 3. The number of thiol groups is 1. The SMILES string of the molecule is CC(CS)C(=O)N(CC(=O)O)N=Cc1ccc(NS(=O)(=O)c2ccccc2)cc1. The molecular formula is C19H21N3O5S2. The number of nitrogens with one attached hydrogen (secondary N) is 1. The summed E-state index contributed by atoms with van der Waals surface area (Å²) in [6.45, 7) is 1.07. The normalized spacial score (nSPS) is 12.5. The maximum atomic E-state index is 12.3. The Hall–Kier alpha value is -2.85. The van der Waals surface area contributed by atoms with E-state index in [1.54, 1.807) is 49.4 Å². The molecule has 0 aliphatic rings. The van der Waals surface area contributed by atoms with Crippen LogP contribution in [0.2, 0.25) is 0 Å². The molecule has 1 unspecified atom stereocenters. The topological polar surface area (TPSA) is 116 Å². The quantitative estimate of drug-likeness (QED) is 0.318. The van der Waals surface area contributed by atoms with Gasteiger partial charge in [0, 0.05) is 17.4 Å². The van der Waals surface area contributed by atoms with E-state index in [0.29, 0.717) is 11.3 Å². The molecule has 0 saturated heterocycles. The Bertz CT molecular complexity index is 977. The number of anilines is 1. The lowest BCUT2D eigenvalue weighted by molar-refractivity contribution is -0.145. The van der Waals surface area contributed by atoms with Gasteiger partial charge in [0.15, 0.2) is 0 Å². The summed E-state index contributed by atoms with van der Waals surface area (Å²) in [6.07, 6.45) is 1.33. The van der Waals surface area contributed by atoms with Crippen molar-refractivity contribution < 1.29 is 23.1 Å². The number of rotatable bonds is 9. The predicted molar refractivity (Wildman–Crippen MR) is 114 cm³/mol. The third-order valence-electron chi connectivity index (χ3n) is 3.80. The van der Waals surface area contributed by atoms with Crippen LogP contribution < -0.4 is 4.72 Å². The van der Waals surface area contributed by atoms with Gasteiger partial charge >= 0.3 is 5.97 Å². The van der Waals surface area contributed by atoms with Crippen molar-refractivity contribution in [3.05, 3.63) is 60.2 Å². The van der Waals surface area contributed by atoms with Crippen LogP contribution in [0.3, 0.4) is 0 Å². The van der Waals surface area contributed by atoms with Crippen molar-refractivity contribution in [2.75, 3.05) is 17.0 Å². The Balaban J connectivity index is 2.12. The summed E-state index contributed by atoms with van der Waals surface area (Å²) in [5.41, 5.74) is 0.919. The molecule has 0 fully saturated rings. The molecule has 0 aliphatic carbocycles. The first-order chi connectivity index (χ1) is 13.7. The Morgan fingerprint density at radius 3 is 2.34 bits per heavy atom. The molecule has 1 atom stereocenters. The van der Waals surface area contributed by atoms with Gasteiger partial charge in [0.25, 0.3) is 10.0 Å². The molecule has 2 aromatic carbocycles. The molecular weight excluding hydrogens is 414 g/mol. The Kier molecular flexibility index (Phi) is 7.80. The van der Waals surface area contributed by atoms with Gasteiger partial charge in [-0.3, -0.25) is 14.3 Å². The van der Waals surface area contributed by atoms with Crippen LogP contribution in [0.4, 0.5) is 5.69 Å². The summed E-state index contributed by atoms with van der Waals surface area (Å²) < 4.78 is 27.1. The van der Waals surface area contributed by atoms with E-state index >= 15 is 0 Å². The number of carbonyl (C=O) groups is 2. The lowest BCUT2D eigenvalue weighted by atomic mass is 10.2. The molecule has 0 bridgehead atoms.